The van der Waals surface area contributed by atoms with Crippen molar-refractivity contribution in [3.8, 4) is 0 Å². The van der Waals surface area contributed by atoms with E-state index >= 15 is 0 Å². The van der Waals surface area contributed by atoms with Gasteiger partial charge in [-0.1, -0.05) is 18.2 Å². The van der Waals surface area contributed by atoms with E-state index in [4.69, 9.17) is 10.5 Å². The molecule has 2 rings (SSSR count). The second-order valence-corrected chi connectivity index (χ2v) is 6.63. The number of benzene rings is 2. The predicted molar refractivity (Wildman–Crippen MR) is 87.8 cm³/mol. The van der Waals surface area contributed by atoms with Gasteiger partial charge in [0.15, 0.2) is 6.10 Å². The van der Waals surface area contributed by atoms with E-state index in [9.17, 15) is 18.0 Å². The summed E-state index contributed by atoms with van der Waals surface area (Å²) in [6.45, 7) is 1.35. The molecule has 7 nitrogen and oxygen atoms in total. The van der Waals surface area contributed by atoms with Gasteiger partial charge in [0.25, 0.3) is 15.9 Å². The molecule has 2 aromatic rings. The molecule has 0 aliphatic carbocycles. The number of amides is 1. The zero-order valence-electron chi connectivity index (χ0n) is 12.8. The minimum absolute atomic E-state index is 0.00847. The highest BCUT2D eigenvalue weighted by molar-refractivity contribution is 7.92. The van der Waals surface area contributed by atoms with Gasteiger partial charge in [0.1, 0.15) is 0 Å². The predicted octanol–water partition coefficient (Wildman–Crippen LogP) is 1.52. The fraction of sp³-hybridized carbons (Fsp3) is 0.125. The Bertz CT molecular complexity index is 833. The maximum absolute atomic E-state index is 12.3. The van der Waals surface area contributed by atoms with Crippen LogP contribution in [0.25, 0.3) is 0 Å². The summed E-state index contributed by atoms with van der Waals surface area (Å²) >= 11 is 0. The molecule has 0 bridgehead atoms. The van der Waals surface area contributed by atoms with Gasteiger partial charge in [0.05, 0.1) is 10.5 Å². The van der Waals surface area contributed by atoms with Crippen LogP contribution in [-0.2, 0) is 19.6 Å². The van der Waals surface area contributed by atoms with Gasteiger partial charge in [-0.05, 0) is 43.3 Å². The Labute approximate surface area is 139 Å². The molecular weight excluding hydrogens is 332 g/mol. The molecule has 0 radical (unpaired) electrons. The van der Waals surface area contributed by atoms with E-state index in [2.05, 4.69) is 4.72 Å². The summed E-state index contributed by atoms with van der Waals surface area (Å²) < 4.78 is 31.8. The van der Waals surface area contributed by atoms with Crippen molar-refractivity contribution in [2.75, 3.05) is 4.72 Å². The lowest BCUT2D eigenvalue weighted by atomic mass is 10.2. The largest absolute Gasteiger partial charge is 0.449 e. The number of rotatable bonds is 6. The van der Waals surface area contributed by atoms with Crippen LogP contribution in [0.5, 0.6) is 0 Å². The van der Waals surface area contributed by atoms with Gasteiger partial charge in [-0.15, -0.1) is 0 Å². The van der Waals surface area contributed by atoms with Crippen LogP contribution < -0.4 is 10.5 Å². The summed E-state index contributed by atoms with van der Waals surface area (Å²) in [4.78, 5) is 22.7. The number of nitrogens with two attached hydrogens (primary N) is 1. The van der Waals surface area contributed by atoms with Gasteiger partial charge in [0.2, 0.25) is 0 Å². The molecule has 2 aromatic carbocycles. The highest BCUT2D eigenvalue weighted by atomic mass is 32.2. The van der Waals surface area contributed by atoms with Gasteiger partial charge in [-0.3, -0.25) is 9.52 Å². The van der Waals surface area contributed by atoms with Crippen molar-refractivity contribution in [3.63, 3.8) is 0 Å². The van der Waals surface area contributed by atoms with Crippen LogP contribution in [0.1, 0.15) is 17.3 Å². The Morgan fingerprint density at radius 3 is 2.17 bits per heavy atom. The highest BCUT2D eigenvalue weighted by Gasteiger charge is 2.18. The van der Waals surface area contributed by atoms with Crippen molar-refractivity contribution in [2.24, 2.45) is 5.73 Å². The number of carbonyl (C=O) groups excluding carboxylic acids is 2. The minimum atomic E-state index is -3.77. The number of sulfonamides is 1. The Morgan fingerprint density at radius 1 is 1.04 bits per heavy atom. The van der Waals surface area contributed by atoms with Crippen molar-refractivity contribution in [1.29, 1.82) is 0 Å². The zero-order chi connectivity index (χ0) is 17.7. The van der Waals surface area contributed by atoms with E-state index in [-0.39, 0.29) is 10.5 Å². The van der Waals surface area contributed by atoms with Crippen LogP contribution in [0.4, 0.5) is 5.69 Å². The maximum atomic E-state index is 12.3. The summed E-state index contributed by atoms with van der Waals surface area (Å²) in [5, 5.41) is 0. The van der Waals surface area contributed by atoms with Crippen LogP contribution in [0.15, 0.2) is 59.5 Å². The summed E-state index contributed by atoms with van der Waals surface area (Å²) in [7, 11) is -3.77. The van der Waals surface area contributed by atoms with E-state index in [0.717, 1.165) is 0 Å². The lowest BCUT2D eigenvalue weighted by Crippen LogP contribution is -2.30. The van der Waals surface area contributed by atoms with Crippen LogP contribution in [0, 0.1) is 0 Å². The minimum Gasteiger partial charge on any atom is -0.449 e. The lowest BCUT2D eigenvalue weighted by molar-refractivity contribution is -0.125. The van der Waals surface area contributed by atoms with Gasteiger partial charge in [0, 0.05) is 5.69 Å². The SMILES string of the molecule is C[C@@H](OC(=O)c1ccc(S(=O)(=O)Nc2ccccc2)cc1)C(N)=O. The Hall–Kier alpha value is -2.87. The van der Waals surface area contributed by atoms with Crippen LogP contribution in [0.2, 0.25) is 0 Å². The third kappa shape index (κ3) is 4.32. The van der Waals surface area contributed by atoms with Crippen LogP contribution in [0.3, 0.4) is 0 Å². The number of hydrogen-bond donors (Lipinski definition) is 2. The number of carbonyl (C=O) groups is 2. The number of nitrogens with one attached hydrogen (secondary N) is 1. The molecule has 0 spiro atoms. The average Bonchev–Trinajstić information content (AvgIpc) is 2.55. The highest BCUT2D eigenvalue weighted by Crippen LogP contribution is 2.16. The fourth-order valence-electron chi connectivity index (χ4n) is 1.78. The zero-order valence-corrected chi connectivity index (χ0v) is 13.6. The summed E-state index contributed by atoms with van der Waals surface area (Å²) in [5.41, 5.74) is 5.55. The van der Waals surface area contributed by atoms with Gasteiger partial charge >= 0.3 is 5.97 Å². The Kier molecular flexibility index (Phi) is 5.20. The number of anilines is 1. The van der Waals surface area contributed by atoms with Crippen molar-refractivity contribution in [2.45, 2.75) is 17.9 Å². The molecule has 1 atom stereocenters. The van der Waals surface area contributed by atoms with Crippen molar-refractivity contribution >= 4 is 27.6 Å². The first kappa shape index (κ1) is 17.5. The van der Waals surface area contributed by atoms with Gasteiger partial charge < -0.3 is 10.5 Å². The maximum Gasteiger partial charge on any atom is 0.338 e. The van der Waals surface area contributed by atoms with E-state index in [1.807, 2.05) is 0 Å². The number of hydrogen-bond acceptors (Lipinski definition) is 5. The lowest BCUT2D eigenvalue weighted by Gasteiger charge is -2.10. The molecule has 0 saturated heterocycles. The smallest absolute Gasteiger partial charge is 0.338 e. The molecule has 0 aliphatic heterocycles. The third-order valence-corrected chi connectivity index (χ3v) is 4.51. The summed E-state index contributed by atoms with van der Waals surface area (Å²) in [5.74, 6) is -1.53. The number of para-hydroxylation sites is 1. The molecule has 0 aliphatic rings. The first-order valence-electron chi connectivity index (χ1n) is 6.98. The summed E-state index contributed by atoms with van der Waals surface area (Å²) in [6, 6.07) is 13.6. The fourth-order valence-corrected chi connectivity index (χ4v) is 2.84. The van der Waals surface area contributed by atoms with Crippen molar-refractivity contribution in [1.82, 2.24) is 0 Å². The molecule has 24 heavy (non-hydrogen) atoms. The van der Waals surface area contributed by atoms with Crippen LogP contribution in [-0.4, -0.2) is 26.4 Å². The first-order chi connectivity index (χ1) is 11.3. The Balaban J connectivity index is 2.13. The second kappa shape index (κ2) is 7.14. The molecule has 8 heteroatoms. The molecule has 0 heterocycles. The normalized spacial score (nSPS) is 12.2. The standard InChI is InChI=1S/C16H16N2O5S/c1-11(15(17)19)23-16(20)12-7-9-14(10-8-12)24(21,22)18-13-5-3-2-4-6-13/h2-11,18H,1H3,(H2,17,19)/t11-/m1/s1. The molecule has 0 aromatic heterocycles. The van der Waals surface area contributed by atoms with Gasteiger partial charge in [-0.25, -0.2) is 13.2 Å². The number of esters is 1. The van der Waals surface area contributed by atoms with E-state index in [0.29, 0.717) is 5.69 Å². The monoisotopic (exact) mass is 348 g/mol. The molecule has 0 unspecified atom stereocenters. The average molecular weight is 348 g/mol. The molecule has 0 saturated carbocycles. The van der Waals surface area contributed by atoms with Crippen LogP contribution >= 0.6 is 0 Å². The molecule has 1 amide bonds. The third-order valence-electron chi connectivity index (χ3n) is 3.11. The van der Waals surface area contributed by atoms with E-state index in [1.54, 1.807) is 30.3 Å². The topological polar surface area (TPSA) is 116 Å². The van der Waals surface area contributed by atoms with Crippen molar-refractivity contribution < 1.29 is 22.7 Å². The molecule has 0 fully saturated rings. The molecule has 3 N–H and O–H groups in total. The molecular formula is C16H16N2O5S. The quantitative estimate of drug-likeness (QED) is 0.768. The Morgan fingerprint density at radius 2 is 1.62 bits per heavy atom. The first-order valence-corrected chi connectivity index (χ1v) is 8.46. The van der Waals surface area contributed by atoms with Gasteiger partial charge in [-0.2, -0.15) is 0 Å². The van der Waals surface area contributed by atoms with E-state index < -0.39 is 28.0 Å². The second-order valence-electron chi connectivity index (χ2n) is 4.95. The number of primary amides is 1. The van der Waals surface area contributed by atoms with Crippen molar-refractivity contribution in [3.05, 3.63) is 60.2 Å². The van der Waals surface area contributed by atoms with E-state index in [1.165, 1.54) is 31.2 Å². The summed E-state index contributed by atoms with van der Waals surface area (Å²) in [6.07, 6.45) is -1.07. The molecule has 126 valence electrons. The number of ether oxygens (including phenoxy) is 1.